The molecule has 8 heteroatoms. The molecule has 0 saturated carbocycles. The number of halogens is 1. The van der Waals surface area contributed by atoms with Crippen molar-refractivity contribution in [1.82, 2.24) is 10.2 Å². The summed E-state index contributed by atoms with van der Waals surface area (Å²) in [6.45, 7) is 6.74. The third-order valence-electron chi connectivity index (χ3n) is 4.44. The van der Waals surface area contributed by atoms with Gasteiger partial charge in [-0.2, -0.15) is 0 Å². The Morgan fingerprint density at radius 3 is 2.59 bits per heavy atom. The molecule has 0 bridgehead atoms. The molecule has 0 atom stereocenters. The van der Waals surface area contributed by atoms with Crippen LogP contribution in [-0.2, 0) is 11.3 Å². The standard InChI is InChI=1S/C21H24ClN3O3S/c1-2-28-19-8-5-16(13-18(19)22)20(26)24-21(29)23-17-6-3-15(4-7-17)14-25-9-11-27-12-10-25/h3-8,13H,2,9-12,14H2,1H3,(H2,23,24,26,29). The molecule has 0 aromatic heterocycles. The Kier molecular flexibility index (Phi) is 7.83. The molecule has 29 heavy (non-hydrogen) atoms. The predicted molar refractivity (Wildman–Crippen MR) is 119 cm³/mol. The number of benzene rings is 2. The Morgan fingerprint density at radius 1 is 1.21 bits per heavy atom. The maximum absolute atomic E-state index is 12.4. The quantitative estimate of drug-likeness (QED) is 0.677. The highest BCUT2D eigenvalue weighted by molar-refractivity contribution is 7.80. The first kappa shape index (κ1) is 21.5. The molecular weight excluding hydrogens is 410 g/mol. The lowest BCUT2D eigenvalue weighted by atomic mass is 10.2. The molecule has 0 radical (unpaired) electrons. The van der Waals surface area contributed by atoms with Crippen LogP contribution in [0.1, 0.15) is 22.8 Å². The summed E-state index contributed by atoms with van der Waals surface area (Å²) in [7, 11) is 0. The van der Waals surface area contributed by atoms with E-state index in [1.165, 1.54) is 5.56 Å². The highest BCUT2D eigenvalue weighted by Crippen LogP contribution is 2.25. The van der Waals surface area contributed by atoms with E-state index >= 15 is 0 Å². The van der Waals surface area contributed by atoms with Crippen LogP contribution in [0.15, 0.2) is 42.5 Å². The van der Waals surface area contributed by atoms with E-state index < -0.39 is 0 Å². The maximum Gasteiger partial charge on any atom is 0.257 e. The van der Waals surface area contributed by atoms with E-state index in [9.17, 15) is 4.79 Å². The van der Waals surface area contributed by atoms with Gasteiger partial charge in [-0.15, -0.1) is 0 Å². The number of nitrogens with zero attached hydrogens (tertiary/aromatic N) is 1. The number of nitrogens with one attached hydrogen (secondary N) is 2. The molecule has 0 spiro atoms. The van der Waals surface area contributed by atoms with Crippen LogP contribution in [0.3, 0.4) is 0 Å². The minimum Gasteiger partial charge on any atom is -0.492 e. The van der Waals surface area contributed by atoms with Crippen molar-refractivity contribution in [3.8, 4) is 5.75 Å². The number of anilines is 1. The van der Waals surface area contributed by atoms with Crippen molar-refractivity contribution < 1.29 is 14.3 Å². The monoisotopic (exact) mass is 433 g/mol. The van der Waals surface area contributed by atoms with Gasteiger partial charge in [-0.3, -0.25) is 15.0 Å². The van der Waals surface area contributed by atoms with Gasteiger partial charge in [-0.05, 0) is 55.0 Å². The van der Waals surface area contributed by atoms with E-state index in [0.29, 0.717) is 22.9 Å². The van der Waals surface area contributed by atoms with Crippen molar-refractivity contribution in [2.45, 2.75) is 13.5 Å². The lowest BCUT2D eigenvalue weighted by molar-refractivity contribution is 0.0342. The molecule has 0 aliphatic carbocycles. The topological polar surface area (TPSA) is 62.8 Å². The molecule has 6 nitrogen and oxygen atoms in total. The van der Waals surface area contributed by atoms with E-state index in [-0.39, 0.29) is 11.0 Å². The minimum atomic E-state index is -0.337. The van der Waals surface area contributed by atoms with Crippen molar-refractivity contribution >= 4 is 40.5 Å². The van der Waals surface area contributed by atoms with Crippen LogP contribution in [-0.4, -0.2) is 48.8 Å². The first-order chi connectivity index (χ1) is 14.0. The van der Waals surface area contributed by atoms with Crippen LogP contribution in [0, 0.1) is 0 Å². The summed E-state index contributed by atoms with van der Waals surface area (Å²) < 4.78 is 10.8. The third-order valence-corrected chi connectivity index (χ3v) is 4.94. The van der Waals surface area contributed by atoms with Crippen LogP contribution in [0.2, 0.25) is 5.02 Å². The Morgan fingerprint density at radius 2 is 1.93 bits per heavy atom. The molecule has 1 amide bonds. The number of rotatable bonds is 6. The molecule has 1 aliphatic heterocycles. The Balaban J connectivity index is 1.52. The summed E-state index contributed by atoms with van der Waals surface area (Å²) in [6, 6.07) is 12.9. The second kappa shape index (κ2) is 10.5. The van der Waals surface area contributed by atoms with E-state index in [0.717, 1.165) is 38.5 Å². The molecule has 1 aliphatic rings. The molecule has 2 N–H and O–H groups in total. The van der Waals surface area contributed by atoms with Crippen molar-refractivity contribution in [1.29, 1.82) is 0 Å². The van der Waals surface area contributed by atoms with Gasteiger partial charge in [0.2, 0.25) is 0 Å². The lowest BCUT2D eigenvalue weighted by Gasteiger charge is -2.26. The van der Waals surface area contributed by atoms with Crippen LogP contribution in [0.4, 0.5) is 5.69 Å². The van der Waals surface area contributed by atoms with Crippen LogP contribution < -0.4 is 15.4 Å². The molecule has 0 unspecified atom stereocenters. The number of thiocarbonyl (C=S) groups is 1. The van der Waals surface area contributed by atoms with Gasteiger partial charge < -0.3 is 14.8 Å². The number of carbonyl (C=O) groups excluding carboxylic acids is 1. The fraction of sp³-hybridized carbons (Fsp3) is 0.333. The average Bonchev–Trinajstić information content (AvgIpc) is 2.72. The van der Waals surface area contributed by atoms with Gasteiger partial charge in [0.25, 0.3) is 5.91 Å². The summed E-state index contributed by atoms with van der Waals surface area (Å²) >= 11 is 11.4. The lowest BCUT2D eigenvalue weighted by Crippen LogP contribution is -2.35. The fourth-order valence-corrected chi connectivity index (χ4v) is 3.41. The van der Waals surface area contributed by atoms with Crippen LogP contribution >= 0.6 is 23.8 Å². The Labute approximate surface area is 181 Å². The molecule has 3 rings (SSSR count). The first-order valence-electron chi connectivity index (χ1n) is 9.49. The highest BCUT2D eigenvalue weighted by Gasteiger charge is 2.12. The van der Waals surface area contributed by atoms with Gasteiger partial charge in [-0.1, -0.05) is 23.7 Å². The Bertz CT molecular complexity index is 855. The van der Waals surface area contributed by atoms with Gasteiger partial charge in [-0.25, -0.2) is 0 Å². The van der Waals surface area contributed by atoms with Gasteiger partial charge in [0.1, 0.15) is 5.75 Å². The van der Waals surface area contributed by atoms with Crippen molar-refractivity contribution in [2.75, 3.05) is 38.2 Å². The maximum atomic E-state index is 12.4. The van der Waals surface area contributed by atoms with E-state index in [1.807, 2.05) is 19.1 Å². The number of hydrogen-bond donors (Lipinski definition) is 2. The third kappa shape index (κ3) is 6.40. The average molecular weight is 434 g/mol. The first-order valence-corrected chi connectivity index (χ1v) is 10.3. The molecule has 1 heterocycles. The van der Waals surface area contributed by atoms with E-state index in [1.54, 1.807) is 18.2 Å². The Hall–Kier alpha value is -2.19. The highest BCUT2D eigenvalue weighted by atomic mass is 35.5. The molecular formula is C21H24ClN3O3S. The SMILES string of the molecule is CCOc1ccc(C(=O)NC(=S)Nc2ccc(CN3CCOCC3)cc2)cc1Cl. The van der Waals surface area contributed by atoms with E-state index in [2.05, 4.69) is 27.7 Å². The zero-order valence-electron chi connectivity index (χ0n) is 16.2. The van der Waals surface area contributed by atoms with Crippen molar-refractivity contribution in [3.05, 3.63) is 58.6 Å². The minimum absolute atomic E-state index is 0.223. The summed E-state index contributed by atoms with van der Waals surface area (Å²) in [6.07, 6.45) is 0. The number of ether oxygens (including phenoxy) is 2. The summed E-state index contributed by atoms with van der Waals surface area (Å²) in [4.78, 5) is 14.7. The normalized spacial score (nSPS) is 14.3. The summed E-state index contributed by atoms with van der Waals surface area (Å²) in [5.74, 6) is 0.208. The van der Waals surface area contributed by atoms with E-state index in [4.69, 9.17) is 33.3 Å². The number of carbonyl (C=O) groups is 1. The van der Waals surface area contributed by atoms with Gasteiger partial charge in [0, 0.05) is 30.9 Å². The van der Waals surface area contributed by atoms with Crippen molar-refractivity contribution in [2.24, 2.45) is 0 Å². The number of hydrogen-bond acceptors (Lipinski definition) is 5. The number of amides is 1. The smallest absolute Gasteiger partial charge is 0.257 e. The molecule has 154 valence electrons. The predicted octanol–water partition coefficient (Wildman–Crippen LogP) is 3.70. The van der Waals surface area contributed by atoms with Crippen LogP contribution in [0.5, 0.6) is 5.75 Å². The van der Waals surface area contributed by atoms with Gasteiger partial charge in [0.05, 0.1) is 24.8 Å². The molecule has 2 aromatic carbocycles. The molecule has 2 aromatic rings. The largest absolute Gasteiger partial charge is 0.492 e. The zero-order chi connectivity index (χ0) is 20.6. The summed E-state index contributed by atoms with van der Waals surface area (Å²) in [5, 5.41) is 6.30. The van der Waals surface area contributed by atoms with Crippen LogP contribution in [0.25, 0.3) is 0 Å². The second-order valence-corrected chi connectivity index (χ2v) is 7.39. The summed E-state index contributed by atoms with van der Waals surface area (Å²) in [5.41, 5.74) is 2.44. The van der Waals surface area contributed by atoms with Crippen molar-refractivity contribution in [3.63, 3.8) is 0 Å². The molecule has 1 saturated heterocycles. The second-order valence-electron chi connectivity index (χ2n) is 6.57. The fourth-order valence-electron chi connectivity index (χ4n) is 2.96. The molecule has 1 fully saturated rings. The number of morpholine rings is 1. The van der Waals surface area contributed by atoms with Gasteiger partial charge in [0.15, 0.2) is 5.11 Å². The van der Waals surface area contributed by atoms with Gasteiger partial charge >= 0.3 is 0 Å². The zero-order valence-corrected chi connectivity index (χ0v) is 17.8.